The molecule has 2 aromatic carbocycles. The van der Waals surface area contributed by atoms with Gasteiger partial charge >= 0.3 is 5.97 Å². The van der Waals surface area contributed by atoms with Crippen molar-refractivity contribution in [1.82, 2.24) is 4.90 Å². The molecule has 0 aliphatic carbocycles. The van der Waals surface area contributed by atoms with Crippen molar-refractivity contribution in [2.24, 2.45) is 0 Å². The fourth-order valence-corrected chi connectivity index (χ4v) is 4.42. The van der Waals surface area contributed by atoms with E-state index in [0.29, 0.717) is 19.8 Å². The first-order valence-corrected chi connectivity index (χ1v) is 9.92. The number of rotatable bonds is 7. The molecule has 1 heterocycles. The fraction of sp³-hybridized carbons (Fsp3) is 0.381. The minimum Gasteiger partial charge on any atom is -0.465 e. The summed E-state index contributed by atoms with van der Waals surface area (Å²) in [4.78, 5) is 16.3. The highest BCUT2D eigenvalue weighted by Crippen LogP contribution is 2.37. The maximum atomic E-state index is 12.9. The Labute approximate surface area is 159 Å². The van der Waals surface area contributed by atoms with Crippen LogP contribution in [0.4, 0.5) is 0 Å². The zero-order valence-electron chi connectivity index (χ0n) is 15.0. The van der Waals surface area contributed by atoms with Gasteiger partial charge in [-0.1, -0.05) is 48.5 Å². The number of esters is 1. The van der Waals surface area contributed by atoms with Crippen LogP contribution in [0.3, 0.4) is 0 Å². The number of carbonyl (C=O) groups excluding carboxylic acids is 1. The Kier molecular flexibility index (Phi) is 7.12. The van der Waals surface area contributed by atoms with E-state index in [-0.39, 0.29) is 17.3 Å². The van der Waals surface area contributed by atoms with Crippen molar-refractivity contribution < 1.29 is 14.3 Å². The summed E-state index contributed by atoms with van der Waals surface area (Å²) >= 11 is 1.58. The summed E-state index contributed by atoms with van der Waals surface area (Å²) in [6, 6.07) is 20.3. The average Bonchev–Trinajstić information content (AvgIpc) is 2.70. The van der Waals surface area contributed by atoms with Crippen molar-refractivity contribution >= 4 is 17.7 Å². The number of hydrogen-bond donors (Lipinski definition) is 0. The molecule has 0 unspecified atom stereocenters. The van der Waals surface area contributed by atoms with Gasteiger partial charge in [-0.15, -0.1) is 11.8 Å². The first kappa shape index (κ1) is 19.0. The van der Waals surface area contributed by atoms with Gasteiger partial charge in [0.15, 0.2) is 0 Å². The number of benzene rings is 2. The Morgan fingerprint density at radius 1 is 1.08 bits per heavy atom. The van der Waals surface area contributed by atoms with Crippen LogP contribution in [-0.2, 0) is 14.3 Å². The lowest BCUT2D eigenvalue weighted by Gasteiger charge is -2.38. The molecule has 2 aromatic rings. The van der Waals surface area contributed by atoms with E-state index in [1.165, 1.54) is 0 Å². The third-order valence-corrected chi connectivity index (χ3v) is 5.64. The topological polar surface area (TPSA) is 38.8 Å². The Bertz CT molecular complexity index is 674. The lowest BCUT2D eigenvalue weighted by atomic mass is 10.0. The number of ether oxygens (including phenoxy) is 2. The molecule has 1 fully saturated rings. The summed E-state index contributed by atoms with van der Waals surface area (Å²) < 4.78 is 11.0. The molecule has 3 rings (SSSR count). The van der Waals surface area contributed by atoms with E-state index < -0.39 is 0 Å². The molecule has 1 aliphatic rings. The molecule has 0 saturated carbocycles. The average molecular weight is 372 g/mol. The SMILES string of the molecule is CCOC(=O)[C@@H](Sc1ccccc1)[C@@H](c1ccccc1)N1CCOCC1. The summed E-state index contributed by atoms with van der Waals surface area (Å²) in [5, 5.41) is -0.335. The van der Waals surface area contributed by atoms with Crippen LogP contribution in [0.5, 0.6) is 0 Å². The molecular formula is C21H25NO3S. The predicted molar refractivity (Wildman–Crippen MR) is 104 cm³/mol. The molecule has 138 valence electrons. The number of morpholine rings is 1. The van der Waals surface area contributed by atoms with Gasteiger partial charge in [0.1, 0.15) is 5.25 Å². The summed E-state index contributed by atoms with van der Waals surface area (Å²) in [7, 11) is 0. The summed E-state index contributed by atoms with van der Waals surface area (Å²) in [6.45, 7) is 5.24. The summed E-state index contributed by atoms with van der Waals surface area (Å²) in [5.74, 6) is -0.165. The second kappa shape index (κ2) is 9.76. The fourth-order valence-electron chi connectivity index (χ4n) is 3.19. The summed E-state index contributed by atoms with van der Waals surface area (Å²) in [5.41, 5.74) is 1.14. The molecule has 2 atom stereocenters. The van der Waals surface area contributed by atoms with Gasteiger partial charge < -0.3 is 9.47 Å². The normalized spacial score (nSPS) is 17.4. The van der Waals surface area contributed by atoms with E-state index in [9.17, 15) is 4.79 Å². The van der Waals surface area contributed by atoms with Crippen LogP contribution in [0.25, 0.3) is 0 Å². The molecule has 0 bridgehead atoms. The third-order valence-electron chi connectivity index (χ3n) is 4.39. The van der Waals surface area contributed by atoms with Crippen LogP contribution in [0.1, 0.15) is 18.5 Å². The van der Waals surface area contributed by atoms with Crippen LogP contribution >= 0.6 is 11.8 Å². The minimum atomic E-state index is -0.335. The molecule has 0 aromatic heterocycles. The Morgan fingerprint density at radius 2 is 1.69 bits per heavy atom. The largest absolute Gasteiger partial charge is 0.465 e. The highest BCUT2D eigenvalue weighted by atomic mass is 32.2. The molecule has 26 heavy (non-hydrogen) atoms. The van der Waals surface area contributed by atoms with Crippen LogP contribution in [0, 0.1) is 0 Å². The molecule has 0 N–H and O–H groups in total. The van der Waals surface area contributed by atoms with Crippen molar-refractivity contribution in [2.45, 2.75) is 23.1 Å². The van der Waals surface area contributed by atoms with Gasteiger partial charge in [-0.3, -0.25) is 9.69 Å². The number of nitrogens with zero attached hydrogens (tertiary/aromatic N) is 1. The maximum absolute atomic E-state index is 12.9. The van der Waals surface area contributed by atoms with Crippen molar-refractivity contribution in [3.05, 3.63) is 66.2 Å². The zero-order chi connectivity index (χ0) is 18.2. The third kappa shape index (κ3) is 4.87. The molecule has 0 radical (unpaired) electrons. The first-order chi connectivity index (χ1) is 12.8. The van der Waals surface area contributed by atoms with Gasteiger partial charge in [0, 0.05) is 18.0 Å². The van der Waals surface area contributed by atoms with Gasteiger partial charge in [-0.25, -0.2) is 0 Å². The predicted octanol–water partition coefficient (Wildman–Crippen LogP) is 3.78. The molecular weight excluding hydrogens is 346 g/mol. The molecule has 5 heteroatoms. The van der Waals surface area contributed by atoms with Crippen molar-refractivity contribution in [3.8, 4) is 0 Å². The second-order valence-electron chi connectivity index (χ2n) is 6.11. The van der Waals surface area contributed by atoms with E-state index in [2.05, 4.69) is 17.0 Å². The molecule has 1 aliphatic heterocycles. The van der Waals surface area contributed by atoms with Crippen molar-refractivity contribution in [2.75, 3.05) is 32.9 Å². The number of thioether (sulfide) groups is 1. The Morgan fingerprint density at radius 3 is 2.31 bits per heavy atom. The smallest absolute Gasteiger partial charge is 0.321 e. The standard InChI is InChI=1S/C21H25NO3S/c1-2-25-21(23)20(26-18-11-7-4-8-12-18)19(17-9-5-3-6-10-17)22-13-15-24-16-14-22/h3-12,19-20H,2,13-16H2,1H3/t19-,20+/m1/s1. The summed E-state index contributed by atoms with van der Waals surface area (Å²) in [6.07, 6.45) is 0. The Hall–Kier alpha value is -1.82. The number of hydrogen-bond acceptors (Lipinski definition) is 5. The van der Waals surface area contributed by atoms with E-state index >= 15 is 0 Å². The van der Waals surface area contributed by atoms with Gasteiger partial charge in [0.25, 0.3) is 0 Å². The van der Waals surface area contributed by atoms with Gasteiger partial charge in [0.05, 0.1) is 25.9 Å². The van der Waals surface area contributed by atoms with Gasteiger partial charge in [0.2, 0.25) is 0 Å². The quantitative estimate of drug-likeness (QED) is 0.547. The van der Waals surface area contributed by atoms with Gasteiger partial charge in [-0.05, 0) is 24.6 Å². The van der Waals surface area contributed by atoms with E-state index in [4.69, 9.17) is 9.47 Å². The highest BCUT2D eigenvalue weighted by molar-refractivity contribution is 8.00. The number of carbonyl (C=O) groups is 1. The van der Waals surface area contributed by atoms with Crippen molar-refractivity contribution in [1.29, 1.82) is 0 Å². The molecule has 0 amide bonds. The van der Waals surface area contributed by atoms with Crippen LogP contribution in [0.2, 0.25) is 0 Å². The zero-order valence-corrected chi connectivity index (χ0v) is 15.9. The molecule has 0 spiro atoms. The van der Waals surface area contributed by atoms with Crippen LogP contribution in [-0.4, -0.2) is 49.0 Å². The second-order valence-corrected chi connectivity index (χ2v) is 7.32. The minimum absolute atomic E-state index is 0.0515. The Balaban J connectivity index is 1.95. The lowest BCUT2D eigenvalue weighted by Crippen LogP contribution is -2.45. The first-order valence-electron chi connectivity index (χ1n) is 9.04. The van der Waals surface area contributed by atoms with E-state index in [1.54, 1.807) is 11.8 Å². The lowest BCUT2D eigenvalue weighted by molar-refractivity contribution is -0.144. The van der Waals surface area contributed by atoms with E-state index in [0.717, 1.165) is 23.5 Å². The van der Waals surface area contributed by atoms with Crippen LogP contribution in [0.15, 0.2) is 65.6 Å². The monoisotopic (exact) mass is 371 g/mol. The van der Waals surface area contributed by atoms with Crippen LogP contribution < -0.4 is 0 Å². The highest BCUT2D eigenvalue weighted by Gasteiger charge is 2.36. The van der Waals surface area contributed by atoms with E-state index in [1.807, 2.05) is 55.5 Å². The molecule has 4 nitrogen and oxygen atoms in total. The molecule has 1 saturated heterocycles. The van der Waals surface area contributed by atoms with Gasteiger partial charge in [-0.2, -0.15) is 0 Å². The maximum Gasteiger partial charge on any atom is 0.321 e. The van der Waals surface area contributed by atoms with Crippen molar-refractivity contribution in [3.63, 3.8) is 0 Å².